The summed E-state index contributed by atoms with van der Waals surface area (Å²) in [6.45, 7) is 8.33. The molecule has 8 heteroatoms. The van der Waals surface area contributed by atoms with Gasteiger partial charge in [-0.3, -0.25) is 4.79 Å². The second-order valence-electron chi connectivity index (χ2n) is 7.35. The maximum Gasteiger partial charge on any atom is 0.236 e. The van der Waals surface area contributed by atoms with Gasteiger partial charge in [0.15, 0.2) is 16.8 Å². The van der Waals surface area contributed by atoms with Gasteiger partial charge in [-0.1, -0.05) is 62.0 Å². The summed E-state index contributed by atoms with van der Waals surface area (Å²) in [5, 5.41) is 15.6. The molecule has 7 nitrogen and oxygen atoms in total. The molecule has 1 N–H and O–H groups in total. The molecule has 0 saturated heterocycles. The van der Waals surface area contributed by atoms with Crippen LogP contribution in [0.5, 0.6) is 0 Å². The fraction of sp³-hybridized carbons (Fsp3) is 0.368. The first-order valence-electron chi connectivity index (χ1n) is 8.60. The van der Waals surface area contributed by atoms with Crippen LogP contribution >= 0.6 is 11.8 Å². The number of aryl methyl sites for hydroxylation is 1. The molecule has 0 atom stereocenters. The van der Waals surface area contributed by atoms with E-state index in [1.165, 1.54) is 17.3 Å². The van der Waals surface area contributed by atoms with Crippen LogP contribution in [0.3, 0.4) is 0 Å². The summed E-state index contributed by atoms with van der Waals surface area (Å²) in [5.74, 6) is 1.86. The third kappa shape index (κ3) is 4.57. The summed E-state index contributed by atoms with van der Waals surface area (Å²) in [6, 6.07) is 10.0. The molecule has 0 aliphatic heterocycles. The van der Waals surface area contributed by atoms with Crippen molar-refractivity contribution in [1.82, 2.24) is 19.9 Å². The zero-order valence-electron chi connectivity index (χ0n) is 16.1. The molecular weight excluding hydrogens is 362 g/mol. The van der Waals surface area contributed by atoms with Crippen molar-refractivity contribution < 1.29 is 9.32 Å². The Balaban J connectivity index is 1.65. The standard InChI is InChI=1S/C19H23N5O2S/c1-12-10-15(23-26-12)20-16(25)11-27-18-22-21-17(24(18)5)13-6-8-14(9-7-13)19(2,3)4/h6-10H,11H2,1-5H3,(H,20,23,25). The van der Waals surface area contributed by atoms with Crippen LogP contribution in [0.1, 0.15) is 32.1 Å². The minimum Gasteiger partial charge on any atom is -0.360 e. The Kier molecular flexibility index (Phi) is 5.36. The van der Waals surface area contributed by atoms with Crippen LogP contribution in [-0.2, 0) is 17.3 Å². The van der Waals surface area contributed by atoms with Gasteiger partial charge in [-0.15, -0.1) is 10.2 Å². The molecule has 0 unspecified atom stereocenters. The topological polar surface area (TPSA) is 85.8 Å². The third-order valence-corrected chi connectivity index (χ3v) is 5.09. The van der Waals surface area contributed by atoms with Gasteiger partial charge in [0.25, 0.3) is 0 Å². The van der Waals surface area contributed by atoms with Crippen molar-refractivity contribution in [3.63, 3.8) is 0 Å². The lowest BCUT2D eigenvalue weighted by Crippen LogP contribution is -2.14. The summed E-state index contributed by atoms with van der Waals surface area (Å²) in [5.41, 5.74) is 2.37. The smallest absolute Gasteiger partial charge is 0.236 e. The lowest BCUT2D eigenvalue weighted by Gasteiger charge is -2.19. The molecule has 0 bridgehead atoms. The number of aromatic nitrogens is 4. The van der Waals surface area contributed by atoms with Crippen molar-refractivity contribution in [2.24, 2.45) is 7.05 Å². The normalized spacial score (nSPS) is 11.6. The van der Waals surface area contributed by atoms with Crippen LogP contribution in [0.4, 0.5) is 5.82 Å². The quantitative estimate of drug-likeness (QED) is 0.672. The number of rotatable bonds is 5. The Morgan fingerprint density at radius 3 is 2.52 bits per heavy atom. The number of hydrogen-bond acceptors (Lipinski definition) is 6. The zero-order chi connectivity index (χ0) is 19.6. The Hall–Kier alpha value is -2.61. The van der Waals surface area contributed by atoms with Crippen LogP contribution < -0.4 is 5.32 Å². The minimum absolute atomic E-state index is 0.106. The van der Waals surface area contributed by atoms with E-state index in [2.05, 4.69) is 65.7 Å². The first kappa shape index (κ1) is 19.2. The van der Waals surface area contributed by atoms with E-state index in [1.54, 1.807) is 13.0 Å². The maximum absolute atomic E-state index is 12.0. The van der Waals surface area contributed by atoms with E-state index >= 15 is 0 Å². The third-order valence-electron chi connectivity index (χ3n) is 4.07. The Morgan fingerprint density at radius 2 is 1.93 bits per heavy atom. The number of thioether (sulfide) groups is 1. The molecular formula is C19H23N5O2S. The van der Waals surface area contributed by atoms with E-state index in [9.17, 15) is 4.79 Å². The van der Waals surface area contributed by atoms with Gasteiger partial charge in [-0.2, -0.15) is 0 Å². The van der Waals surface area contributed by atoms with E-state index in [4.69, 9.17) is 4.52 Å². The van der Waals surface area contributed by atoms with Crippen LogP contribution in [0.25, 0.3) is 11.4 Å². The molecule has 0 radical (unpaired) electrons. The second kappa shape index (κ2) is 7.56. The van der Waals surface area contributed by atoms with Gasteiger partial charge < -0.3 is 14.4 Å². The maximum atomic E-state index is 12.0. The van der Waals surface area contributed by atoms with Crippen LogP contribution in [0.2, 0.25) is 0 Å². The predicted molar refractivity (Wildman–Crippen MR) is 106 cm³/mol. The monoisotopic (exact) mass is 385 g/mol. The molecule has 3 rings (SSSR count). The summed E-state index contributed by atoms with van der Waals surface area (Å²) in [7, 11) is 1.90. The number of carbonyl (C=O) groups excluding carboxylic acids is 1. The van der Waals surface area contributed by atoms with Crippen LogP contribution in [0, 0.1) is 6.92 Å². The average molecular weight is 385 g/mol. The lowest BCUT2D eigenvalue weighted by molar-refractivity contribution is -0.113. The van der Waals surface area contributed by atoms with Crippen molar-refractivity contribution >= 4 is 23.5 Å². The molecule has 1 aromatic carbocycles. The summed E-state index contributed by atoms with van der Waals surface area (Å²) in [6.07, 6.45) is 0. The number of anilines is 1. The van der Waals surface area contributed by atoms with E-state index in [1.807, 2.05) is 11.6 Å². The van der Waals surface area contributed by atoms with E-state index in [0.717, 1.165) is 11.4 Å². The molecule has 0 aliphatic rings. The van der Waals surface area contributed by atoms with Crippen molar-refractivity contribution in [3.05, 3.63) is 41.7 Å². The van der Waals surface area contributed by atoms with Crippen LogP contribution in [0.15, 0.2) is 40.0 Å². The lowest BCUT2D eigenvalue weighted by atomic mass is 9.87. The van der Waals surface area contributed by atoms with Gasteiger partial charge in [0.2, 0.25) is 5.91 Å². The molecule has 3 aromatic rings. The van der Waals surface area contributed by atoms with Crippen molar-refractivity contribution in [2.75, 3.05) is 11.1 Å². The van der Waals surface area contributed by atoms with Crippen molar-refractivity contribution in [2.45, 2.75) is 38.3 Å². The average Bonchev–Trinajstić information content (AvgIpc) is 3.18. The molecule has 1 amide bonds. The van der Waals surface area contributed by atoms with Crippen molar-refractivity contribution in [1.29, 1.82) is 0 Å². The summed E-state index contributed by atoms with van der Waals surface area (Å²) in [4.78, 5) is 12.0. The number of amides is 1. The highest BCUT2D eigenvalue weighted by Gasteiger charge is 2.16. The molecule has 27 heavy (non-hydrogen) atoms. The van der Waals surface area contributed by atoms with Gasteiger partial charge in [-0.05, 0) is 17.9 Å². The van der Waals surface area contributed by atoms with E-state index in [0.29, 0.717) is 16.7 Å². The van der Waals surface area contributed by atoms with Crippen LogP contribution in [-0.4, -0.2) is 31.6 Å². The van der Waals surface area contributed by atoms with Gasteiger partial charge in [0, 0.05) is 18.7 Å². The predicted octanol–water partition coefficient (Wildman–Crippen LogP) is 3.81. The second-order valence-corrected chi connectivity index (χ2v) is 8.29. The molecule has 142 valence electrons. The highest BCUT2D eigenvalue weighted by atomic mass is 32.2. The van der Waals surface area contributed by atoms with Gasteiger partial charge in [-0.25, -0.2) is 0 Å². The molecule has 0 aliphatic carbocycles. The first-order chi connectivity index (χ1) is 12.7. The zero-order valence-corrected chi connectivity index (χ0v) is 16.9. The molecule has 0 spiro atoms. The number of carbonyl (C=O) groups is 1. The Morgan fingerprint density at radius 1 is 1.22 bits per heavy atom. The van der Waals surface area contributed by atoms with E-state index < -0.39 is 0 Å². The highest BCUT2D eigenvalue weighted by molar-refractivity contribution is 7.99. The first-order valence-corrected chi connectivity index (χ1v) is 9.59. The summed E-state index contributed by atoms with van der Waals surface area (Å²) < 4.78 is 6.82. The largest absolute Gasteiger partial charge is 0.360 e. The van der Waals surface area contributed by atoms with Gasteiger partial charge in [0.05, 0.1) is 5.75 Å². The molecule has 0 saturated carbocycles. The number of benzene rings is 1. The Labute approximate surface area is 162 Å². The van der Waals surface area contributed by atoms with Gasteiger partial charge in [0.1, 0.15) is 5.76 Å². The molecule has 0 fully saturated rings. The van der Waals surface area contributed by atoms with Crippen molar-refractivity contribution in [3.8, 4) is 11.4 Å². The molecule has 2 aromatic heterocycles. The van der Waals surface area contributed by atoms with E-state index in [-0.39, 0.29) is 17.1 Å². The molecule has 2 heterocycles. The Bertz CT molecular complexity index is 938. The minimum atomic E-state index is -0.174. The number of nitrogens with one attached hydrogen (secondary N) is 1. The number of hydrogen-bond donors (Lipinski definition) is 1. The fourth-order valence-electron chi connectivity index (χ4n) is 2.55. The highest BCUT2D eigenvalue weighted by Crippen LogP contribution is 2.27. The summed E-state index contributed by atoms with van der Waals surface area (Å²) >= 11 is 1.32. The fourth-order valence-corrected chi connectivity index (χ4v) is 3.26. The number of nitrogens with zero attached hydrogens (tertiary/aromatic N) is 4. The SMILES string of the molecule is Cc1cc(NC(=O)CSc2nnc(-c3ccc(C(C)(C)C)cc3)n2C)no1. The van der Waals surface area contributed by atoms with Gasteiger partial charge >= 0.3 is 0 Å².